The maximum Gasteiger partial charge on any atom is -0.0409 e. The molecule has 2 unspecified atom stereocenters. The topological polar surface area (TPSA) is 0 Å². The third-order valence-corrected chi connectivity index (χ3v) is 5.28. The summed E-state index contributed by atoms with van der Waals surface area (Å²) in [5.41, 5.74) is 0. The molecule has 0 aromatic carbocycles. The maximum atomic E-state index is 4.06. The van der Waals surface area contributed by atoms with Crippen molar-refractivity contribution in [3.05, 3.63) is 6.92 Å². The standard InChI is InChI=1S/C21H43/c1-6-11-14-19(9-4)17-21(16-13-8-3)18-20(10-5)15-12-7-2/h19-21H,3,6-18H2,1-2,4-5H3. The van der Waals surface area contributed by atoms with E-state index in [0.717, 1.165) is 24.2 Å². The van der Waals surface area contributed by atoms with Gasteiger partial charge < -0.3 is 0 Å². The van der Waals surface area contributed by atoms with E-state index >= 15 is 0 Å². The van der Waals surface area contributed by atoms with Gasteiger partial charge >= 0.3 is 0 Å². The maximum absolute atomic E-state index is 4.06. The van der Waals surface area contributed by atoms with E-state index in [1.54, 1.807) is 0 Å². The van der Waals surface area contributed by atoms with Gasteiger partial charge in [0.2, 0.25) is 0 Å². The van der Waals surface area contributed by atoms with Gasteiger partial charge in [-0.05, 0) is 30.6 Å². The first-order valence-corrected chi connectivity index (χ1v) is 10.0. The van der Waals surface area contributed by atoms with E-state index in [1.165, 1.54) is 77.0 Å². The van der Waals surface area contributed by atoms with Gasteiger partial charge in [0.15, 0.2) is 0 Å². The molecule has 0 aromatic heterocycles. The van der Waals surface area contributed by atoms with Gasteiger partial charge in [0.1, 0.15) is 0 Å². The predicted octanol–water partition coefficient (Wildman–Crippen LogP) is 7.82. The molecule has 0 fully saturated rings. The fourth-order valence-corrected chi connectivity index (χ4v) is 3.67. The second kappa shape index (κ2) is 14.9. The minimum atomic E-state index is 0.968. The molecule has 0 heteroatoms. The van der Waals surface area contributed by atoms with E-state index in [1.807, 2.05) is 0 Å². The van der Waals surface area contributed by atoms with Gasteiger partial charge in [-0.1, -0.05) is 105 Å². The van der Waals surface area contributed by atoms with E-state index < -0.39 is 0 Å². The fraction of sp³-hybridized carbons (Fsp3) is 0.952. The van der Waals surface area contributed by atoms with Crippen LogP contribution >= 0.6 is 0 Å². The smallest absolute Gasteiger partial charge is 0.0409 e. The Morgan fingerprint density at radius 1 is 0.619 bits per heavy atom. The summed E-state index contributed by atoms with van der Waals surface area (Å²) in [6.07, 6.45) is 18.1. The molecule has 0 amide bonds. The first-order chi connectivity index (χ1) is 10.2. The largest absolute Gasteiger partial charge is 0.0654 e. The van der Waals surface area contributed by atoms with Crippen LogP contribution in [0.3, 0.4) is 0 Å². The van der Waals surface area contributed by atoms with Crippen molar-refractivity contribution in [2.75, 3.05) is 0 Å². The molecular formula is C21H43. The Labute approximate surface area is 136 Å². The van der Waals surface area contributed by atoms with E-state index in [9.17, 15) is 0 Å². The van der Waals surface area contributed by atoms with Gasteiger partial charge in [0.05, 0.1) is 0 Å². The zero-order chi connectivity index (χ0) is 15.9. The molecule has 0 aliphatic heterocycles. The molecule has 0 spiro atoms. The molecule has 2 atom stereocenters. The molecule has 127 valence electrons. The van der Waals surface area contributed by atoms with Crippen LogP contribution < -0.4 is 0 Å². The van der Waals surface area contributed by atoms with Gasteiger partial charge in [-0.2, -0.15) is 0 Å². The van der Waals surface area contributed by atoms with E-state index in [0.29, 0.717) is 0 Å². The van der Waals surface area contributed by atoms with Crippen LogP contribution in [-0.4, -0.2) is 0 Å². The fourth-order valence-electron chi connectivity index (χ4n) is 3.67. The van der Waals surface area contributed by atoms with Crippen LogP contribution in [0.1, 0.15) is 111 Å². The second-order valence-corrected chi connectivity index (χ2v) is 7.17. The van der Waals surface area contributed by atoms with Crippen LogP contribution in [0.4, 0.5) is 0 Å². The lowest BCUT2D eigenvalue weighted by atomic mass is 9.79. The van der Waals surface area contributed by atoms with E-state index in [4.69, 9.17) is 0 Å². The monoisotopic (exact) mass is 295 g/mol. The Bertz CT molecular complexity index is 178. The van der Waals surface area contributed by atoms with Crippen LogP contribution in [-0.2, 0) is 0 Å². The average Bonchev–Trinajstić information content (AvgIpc) is 2.52. The van der Waals surface area contributed by atoms with Crippen molar-refractivity contribution in [3.63, 3.8) is 0 Å². The normalized spacial score (nSPS) is 15.9. The summed E-state index contributed by atoms with van der Waals surface area (Å²) in [5.74, 6) is 2.92. The van der Waals surface area contributed by atoms with E-state index in [2.05, 4.69) is 34.6 Å². The van der Waals surface area contributed by atoms with E-state index in [-0.39, 0.29) is 0 Å². The zero-order valence-electron chi connectivity index (χ0n) is 15.6. The quantitative estimate of drug-likeness (QED) is 0.289. The van der Waals surface area contributed by atoms with Crippen molar-refractivity contribution < 1.29 is 0 Å². The first kappa shape index (κ1) is 21.0. The molecule has 0 N–H and O–H groups in total. The molecule has 0 rings (SSSR count). The highest BCUT2D eigenvalue weighted by Crippen LogP contribution is 2.32. The van der Waals surface area contributed by atoms with Crippen LogP contribution in [0, 0.1) is 24.7 Å². The lowest BCUT2D eigenvalue weighted by Gasteiger charge is -2.26. The Balaban J connectivity index is 4.38. The molecule has 21 heavy (non-hydrogen) atoms. The third kappa shape index (κ3) is 11.2. The van der Waals surface area contributed by atoms with Crippen LogP contribution in [0.2, 0.25) is 0 Å². The minimum absolute atomic E-state index is 0.968. The second-order valence-electron chi connectivity index (χ2n) is 7.17. The molecule has 0 saturated carbocycles. The molecular weight excluding hydrogens is 252 g/mol. The lowest BCUT2D eigenvalue weighted by Crippen LogP contribution is -2.14. The molecule has 0 aromatic rings. The summed E-state index contributed by atoms with van der Waals surface area (Å²) >= 11 is 0. The Morgan fingerprint density at radius 2 is 1.05 bits per heavy atom. The SMILES string of the molecule is [CH2]CCCC(CC(CC)CCCC)CC(CC)CCCC. The highest BCUT2D eigenvalue weighted by Gasteiger charge is 2.18. The summed E-state index contributed by atoms with van der Waals surface area (Å²) in [7, 11) is 0. The summed E-state index contributed by atoms with van der Waals surface area (Å²) in [6, 6.07) is 0. The number of hydrogen-bond acceptors (Lipinski definition) is 0. The molecule has 1 radical (unpaired) electrons. The van der Waals surface area contributed by atoms with Crippen LogP contribution in [0.5, 0.6) is 0 Å². The first-order valence-electron chi connectivity index (χ1n) is 10.0. The summed E-state index contributed by atoms with van der Waals surface area (Å²) < 4.78 is 0. The molecule has 0 heterocycles. The van der Waals surface area contributed by atoms with Crippen molar-refractivity contribution >= 4 is 0 Å². The van der Waals surface area contributed by atoms with Crippen molar-refractivity contribution in [3.8, 4) is 0 Å². The lowest BCUT2D eigenvalue weighted by molar-refractivity contribution is 0.256. The Kier molecular flexibility index (Phi) is 14.9. The third-order valence-electron chi connectivity index (χ3n) is 5.28. The van der Waals surface area contributed by atoms with Crippen LogP contribution in [0.15, 0.2) is 0 Å². The predicted molar refractivity (Wildman–Crippen MR) is 98.5 cm³/mol. The summed E-state index contributed by atoms with van der Waals surface area (Å²) in [5, 5.41) is 0. The molecule has 0 nitrogen and oxygen atoms in total. The zero-order valence-corrected chi connectivity index (χ0v) is 15.6. The van der Waals surface area contributed by atoms with Crippen molar-refractivity contribution in [1.29, 1.82) is 0 Å². The van der Waals surface area contributed by atoms with Crippen molar-refractivity contribution in [1.82, 2.24) is 0 Å². The summed E-state index contributed by atoms with van der Waals surface area (Å²) in [6.45, 7) is 13.5. The minimum Gasteiger partial charge on any atom is -0.0654 e. The van der Waals surface area contributed by atoms with Crippen molar-refractivity contribution in [2.24, 2.45) is 17.8 Å². The number of unbranched alkanes of at least 4 members (excludes halogenated alkanes) is 3. The Morgan fingerprint density at radius 3 is 1.38 bits per heavy atom. The number of rotatable bonds is 15. The van der Waals surface area contributed by atoms with Gasteiger partial charge in [0, 0.05) is 0 Å². The van der Waals surface area contributed by atoms with Gasteiger partial charge in [-0.25, -0.2) is 0 Å². The molecule has 0 bridgehead atoms. The average molecular weight is 296 g/mol. The highest BCUT2D eigenvalue weighted by molar-refractivity contribution is 4.71. The summed E-state index contributed by atoms with van der Waals surface area (Å²) in [4.78, 5) is 0. The number of hydrogen-bond donors (Lipinski definition) is 0. The van der Waals surface area contributed by atoms with Gasteiger partial charge in [-0.3, -0.25) is 0 Å². The molecule has 0 aliphatic carbocycles. The highest BCUT2D eigenvalue weighted by atomic mass is 14.2. The molecule has 0 saturated heterocycles. The Hall–Kier alpha value is 0. The van der Waals surface area contributed by atoms with Crippen LogP contribution in [0.25, 0.3) is 0 Å². The van der Waals surface area contributed by atoms with Gasteiger partial charge in [0.25, 0.3) is 0 Å². The van der Waals surface area contributed by atoms with Gasteiger partial charge in [-0.15, -0.1) is 0 Å². The van der Waals surface area contributed by atoms with Crippen molar-refractivity contribution in [2.45, 2.75) is 111 Å². The molecule has 0 aliphatic rings.